The maximum Gasteiger partial charge on any atom is 0.305 e. The Morgan fingerprint density at radius 3 is 2.45 bits per heavy atom. The average Bonchev–Trinajstić information content (AvgIpc) is 2.01. The molecule has 0 aromatic carbocycles. The zero-order chi connectivity index (χ0) is 8.69. The minimum Gasteiger partial charge on any atom is -0.469 e. The molecule has 0 aliphatic carbocycles. The van der Waals surface area contributed by atoms with Crippen LogP contribution in [-0.2, 0) is 19.1 Å². The second kappa shape index (κ2) is 5.58. The molecule has 0 rings (SSSR count). The van der Waals surface area contributed by atoms with E-state index < -0.39 is 5.97 Å². The predicted molar refractivity (Wildman–Crippen MR) is 36.6 cm³/mol. The van der Waals surface area contributed by atoms with E-state index in [1.54, 1.807) is 0 Å². The van der Waals surface area contributed by atoms with E-state index in [2.05, 4.69) is 4.74 Å². The van der Waals surface area contributed by atoms with Crippen LogP contribution >= 0.6 is 0 Å². The fourth-order valence-corrected chi connectivity index (χ4v) is 0.487. The molecule has 0 bridgehead atoms. The molecule has 4 nitrogen and oxygen atoms in total. The molecule has 0 spiro atoms. The maximum absolute atomic E-state index is 10.6. The van der Waals surface area contributed by atoms with E-state index in [1.807, 2.05) is 0 Å². The summed E-state index contributed by atoms with van der Waals surface area (Å²) in [4.78, 5) is 30.7. The zero-order valence-electron chi connectivity index (χ0n) is 6.20. The number of hydrogen-bond donors (Lipinski definition) is 0. The first kappa shape index (κ1) is 9.81. The number of carbonyl (C=O) groups excluding carboxylic acids is 3. The molecule has 0 aromatic rings. The first-order chi connectivity index (χ1) is 5.20. The fourth-order valence-electron chi connectivity index (χ4n) is 0.487. The molecule has 11 heavy (non-hydrogen) atoms. The van der Waals surface area contributed by atoms with Gasteiger partial charge in [-0.1, -0.05) is 0 Å². The van der Waals surface area contributed by atoms with E-state index >= 15 is 0 Å². The van der Waals surface area contributed by atoms with Crippen molar-refractivity contribution in [1.82, 2.24) is 0 Å². The summed E-state index contributed by atoms with van der Waals surface area (Å²) in [7, 11) is 1.25. The monoisotopic (exact) mass is 157 g/mol. The highest BCUT2D eigenvalue weighted by atomic mass is 16.5. The summed E-state index contributed by atoms with van der Waals surface area (Å²) >= 11 is 0. The molecule has 0 aliphatic heterocycles. The van der Waals surface area contributed by atoms with Crippen molar-refractivity contribution in [3.63, 3.8) is 0 Å². The second-order valence-electron chi connectivity index (χ2n) is 1.85. The molecule has 0 saturated carbocycles. The van der Waals surface area contributed by atoms with Crippen LogP contribution in [0.1, 0.15) is 12.8 Å². The van der Waals surface area contributed by atoms with Crippen LogP contribution in [0.2, 0.25) is 0 Å². The third kappa shape index (κ3) is 5.26. The Bertz CT molecular complexity index is 162. The summed E-state index contributed by atoms with van der Waals surface area (Å²) in [5, 5.41) is 0. The number of hydrogen-bond acceptors (Lipinski definition) is 4. The van der Waals surface area contributed by atoms with E-state index in [4.69, 9.17) is 0 Å². The number of ether oxygens (including phenoxy) is 1. The number of Topliss-reactive ketones (excluding diaryl/α,β-unsaturated/α-hetero) is 1. The van der Waals surface area contributed by atoms with E-state index in [0.717, 1.165) is 6.42 Å². The topological polar surface area (TPSA) is 60.4 Å². The number of carbonyl (C=O) groups is 3. The summed E-state index contributed by atoms with van der Waals surface area (Å²) in [5.41, 5.74) is 0. The quantitative estimate of drug-likeness (QED) is 0.318. The molecule has 0 amide bonds. The van der Waals surface area contributed by atoms with Crippen LogP contribution in [0, 0.1) is 6.42 Å². The van der Waals surface area contributed by atoms with Gasteiger partial charge in [0.25, 0.3) is 0 Å². The van der Waals surface area contributed by atoms with Gasteiger partial charge in [-0.15, -0.1) is 0 Å². The summed E-state index contributed by atoms with van der Waals surface area (Å²) in [5.74, 6) is -0.803. The Hall–Kier alpha value is -1.19. The molecule has 1 radical (unpaired) electrons. The molecular weight excluding hydrogens is 148 g/mol. The largest absolute Gasteiger partial charge is 0.469 e. The molecule has 0 N–H and O–H groups in total. The number of methoxy groups -OCH3 is 1. The Balaban J connectivity index is 3.45. The van der Waals surface area contributed by atoms with Crippen molar-refractivity contribution in [2.75, 3.05) is 7.11 Å². The Kier molecular flexibility index (Phi) is 4.98. The molecule has 61 valence electrons. The highest BCUT2D eigenvalue weighted by molar-refractivity contribution is 6.02. The standard InChI is InChI=1S/C7H9O4/c1-11-7(10)3-2-6(9)4-5-8/h4-5H,2-3H2,1H3. The lowest BCUT2D eigenvalue weighted by Crippen LogP contribution is -2.06. The number of aldehydes is 1. The normalized spacial score (nSPS) is 8.82. The number of ketones is 1. The average molecular weight is 157 g/mol. The van der Waals surface area contributed by atoms with E-state index in [-0.39, 0.29) is 18.6 Å². The summed E-state index contributed by atoms with van der Waals surface area (Å²) < 4.78 is 4.29. The Morgan fingerprint density at radius 2 is 2.00 bits per heavy atom. The van der Waals surface area contributed by atoms with Crippen molar-refractivity contribution in [2.45, 2.75) is 12.8 Å². The van der Waals surface area contributed by atoms with Gasteiger partial charge in [-0.2, -0.15) is 0 Å². The molecular formula is C7H9O4. The molecule has 0 aliphatic rings. The number of esters is 1. The summed E-state index contributed by atoms with van der Waals surface area (Å²) in [6.07, 6.45) is 1.35. The lowest BCUT2D eigenvalue weighted by Gasteiger charge is -1.95. The third-order valence-electron chi connectivity index (χ3n) is 1.06. The van der Waals surface area contributed by atoms with Crippen molar-refractivity contribution in [3.05, 3.63) is 6.42 Å². The van der Waals surface area contributed by atoms with Crippen LogP contribution < -0.4 is 0 Å². The smallest absolute Gasteiger partial charge is 0.305 e. The molecule has 0 heterocycles. The van der Waals surface area contributed by atoms with Crippen molar-refractivity contribution in [1.29, 1.82) is 0 Å². The molecule has 0 fully saturated rings. The molecule has 0 saturated heterocycles. The van der Waals surface area contributed by atoms with Crippen LogP contribution in [0.15, 0.2) is 0 Å². The third-order valence-corrected chi connectivity index (χ3v) is 1.06. The van der Waals surface area contributed by atoms with Crippen LogP contribution in [0.4, 0.5) is 0 Å². The van der Waals surface area contributed by atoms with Gasteiger partial charge in [-0.05, 0) is 0 Å². The van der Waals surface area contributed by atoms with Gasteiger partial charge in [0.15, 0.2) is 0 Å². The van der Waals surface area contributed by atoms with Gasteiger partial charge in [0.05, 0.1) is 20.0 Å². The van der Waals surface area contributed by atoms with Crippen LogP contribution in [0.3, 0.4) is 0 Å². The number of rotatable bonds is 5. The molecule has 4 heteroatoms. The Labute approximate surface area is 64.5 Å². The van der Waals surface area contributed by atoms with Crippen molar-refractivity contribution >= 4 is 18.0 Å². The summed E-state index contributed by atoms with van der Waals surface area (Å²) in [6, 6.07) is 0. The minimum atomic E-state index is -0.447. The second-order valence-corrected chi connectivity index (χ2v) is 1.85. The van der Waals surface area contributed by atoms with Gasteiger partial charge < -0.3 is 9.53 Å². The first-order valence-electron chi connectivity index (χ1n) is 3.09. The highest BCUT2D eigenvalue weighted by Gasteiger charge is 2.05. The van der Waals surface area contributed by atoms with E-state index in [9.17, 15) is 14.4 Å². The van der Waals surface area contributed by atoms with Crippen molar-refractivity contribution < 1.29 is 19.1 Å². The molecule has 0 aromatic heterocycles. The van der Waals surface area contributed by atoms with E-state index in [1.165, 1.54) is 7.11 Å². The van der Waals surface area contributed by atoms with Gasteiger partial charge in [0.1, 0.15) is 12.1 Å². The van der Waals surface area contributed by atoms with Crippen molar-refractivity contribution in [2.24, 2.45) is 0 Å². The maximum atomic E-state index is 10.6. The lowest BCUT2D eigenvalue weighted by atomic mass is 10.2. The zero-order valence-corrected chi connectivity index (χ0v) is 6.20. The highest BCUT2D eigenvalue weighted by Crippen LogP contribution is 1.94. The molecule has 0 unspecified atom stereocenters. The summed E-state index contributed by atoms with van der Waals surface area (Å²) in [6.45, 7) is 0. The van der Waals surface area contributed by atoms with E-state index in [0.29, 0.717) is 6.29 Å². The fraction of sp³-hybridized carbons (Fsp3) is 0.429. The van der Waals surface area contributed by atoms with Crippen LogP contribution in [0.5, 0.6) is 0 Å². The first-order valence-corrected chi connectivity index (χ1v) is 3.09. The van der Waals surface area contributed by atoms with Gasteiger partial charge in [0.2, 0.25) is 0 Å². The van der Waals surface area contributed by atoms with Crippen LogP contribution in [-0.4, -0.2) is 25.1 Å². The van der Waals surface area contributed by atoms with Gasteiger partial charge >= 0.3 is 5.97 Å². The minimum absolute atomic E-state index is 0.0275. The lowest BCUT2D eigenvalue weighted by molar-refractivity contribution is -0.141. The van der Waals surface area contributed by atoms with Gasteiger partial charge in [-0.25, -0.2) is 0 Å². The van der Waals surface area contributed by atoms with Gasteiger partial charge in [0, 0.05) is 6.42 Å². The van der Waals surface area contributed by atoms with Gasteiger partial charge in [-0.3, -0.25) is 9.59 Å². The van der Waals surface area contributed by atoms with Crippen LogP contribution in [0.25, 0.3) is 0 Å². The molecule has 0 atom stereocenters. The predicted octanol–water partition coefficient (Wildman–Crippen LogP) is -0.0881. The SMILES string of the molecule is COC(=O)CCC(=O)[CH]C=O. The Morgan fingerprint density at radius 1 is 1.36 bits per heavy atom. The van der Waals surface area contributed by atoms with Crippen molar-refractivity contribution in [3.8, 4) is 0 Å².